The third-order valence-corrected chi connectivity index (χ3v) is 4.90. The van der Waals surface area contributed by atoms with Crippen LogP contribution < -0.4 is 4.72 Å². The van der Waals surface area contributed by atoms with Crippen molar-refractivity contribution in [3.8, 4) is 0 Å². The Labute approximate surface area is 121 Å². The van der Waals surface area contributed by atoms with Gasteiger partial charge in [0.25, 0.3) is 0 Å². The average molecular weight is 330 g/mol. The van der Waals surface area contributed by atoms with Crippen LogP contribution in [0.3, 0.4) is 0 Å². The summed E-state index contributed by atoms with van der Waals surface area (Å²) < 4.78 is 39.9. The first-order chi connectivity index (χ1) is 8.70. The van der Waals surface area contributed by atoms with Crippen molar-refractivity contribution in [2.75, 3.05) is 6.61 Å². The SMILES string of the molecule is CC(C)[C@@H](CO)NS(=O)(=O)c1ccc(Cl)c(F)c1Cl. The Morgan fingerprint density at radius 1 is 1.37 bits per heavy atom. The molecule has 0 bridgehead atoms. The molecule has 0 aliphatic carbocycles. The summed E-state index contributed by atoms with van der Waals surface area (Å²) in [6, 6.07) is 1.55. The topological polar surface area (TPSA) is 66.4 Å². The Balaban J connectivity index is 3.18. The molecular weight excluding hydrogens is 316 g/mol. The number of rotatable bonds is 5. The molecule has 0 radical (unpaired) electrons. The van der Waals surface area contributed by atoms with Gasteiger partial charge in [-0.25, -0.2) is 17.5 Å². The molecule has 1 rings (SSSR count). The van der Waals surface area contributed by atoms with E-state index in [-0.39, 0.29) is 17.5 Å². The Morgan fingerprint density at radius 3 is 2.42 bits per heavy atom. The lowest BCUT2D eigenvalue weighted by atomic mass is 10.1. The van der Waals surface area contributed by atoms with Gasteiger partial charge >= 0.3 is 0 Å². The van der Waals surface area contributed by atoms with Crippen LogP contribution >= 0.6 is 23.2 Å². The van der Waals surface area contributed by atoms with E-state index < -0.39 is 31.8 Å². The monoisotopic (exact) mass is 329 g/mol. The molecule has 2 N–H and O–H groups in total. The number of nitrogens with one attached hydrogen (secondary N) is 1. The zero-order valence-corrected chi connectivity index (χ0v) is 12.7. The predicted molar refractivity (Wildman–Crippen MR) is 72.5 cm³/mol. The minimum absolute atomic E-state index is 0.129. The van der Waals surface area contributed by atoms with Gasteiger partial charge in [-0.1, -0.05) is 37.0 Å². The fraction of sp³-hybridized carbons (Fsp3) is 0.455. The van der Waals surface area contributed by atoms with Crippen molar-refractivity contribution in [2.45, 2.75) is 24.8 Å². The summed E-state index contributed by atoms with van der Waals surface area (Å²) in [4.78, 5) is -0.407. The van der Waals surface area contributed by atoms with Crippen LogP contribution in [-0.2, 0) is 10.0 Å². The molecule has 0 heterocycles. The van der Waals surface area contributed by atoms with Crippen molar-refractivity contribution in [3.05, 3.63) is 28.0 Å². The normalized spacial score (nSPS) is 13.8. The molecule has 0 unspecified atom stereocenters. The Hall–Kier alpha value is -0.400. The summed E-state index contributed by atoms with van der Waals surface area (Å²) in [7, 11) is -4.03. The van der Waals surface area contributed by atoms with Crippen molar-refractivity contribution in [1.29, 1.82) is 0 Å². The summed E-state index contributed by atoms with van der Waals surface area (Å²) in [6.45, 7) is 3.12. The molecule has 0 spiro atoms. The number of benzene rings is 1. The standard InChI is InChI=1S/C11H14Cl2FNO3S/c1-6(2)8(5-16)15-19(17,18)9-4-3-7(12)11(14)10(9)13/h3-4,6,8,15-16H,5H2,1-2H3/t8-/m1/s1. The largest absolute Gasteiger partial charge is 0.395 e. The van der Waals surface area contributed by atoms with Crippen molar-refractivity contribution >= 4 is 33.2 Å². The Bertz CT molecular complexity index is 563. The van der Waals surface area contributed by atoms with E-state index in [9.17, 15) is 12.8 Å². The fourth-order valence-corrected chi connectivity index (χ4v) is 3.48. The van der Waals surface area contributed by atoms with Gasteiger partial charge in [-0.05, 0) is 18.1 Å². The maximum absolute atomic E-state index is 13.5. The number of sulfonamides is 1. The van der Waals surface area contributed by atoms with Crippen molar-refractivity contribution < 1.29 is 17.9 Å². The first kappa shape index (κ1) is 16.7. The molecule has 1 atom stereocenters. The van der Waals surface area contributed by atoms with Crippen LogP contribution in [0.4, 0.5) is 4.39 Å². The Kier molecular flexibility index (Phi) is 5.58. The molecular formula is C11H14Cl2FNO3S. The minimum atomic E-state index is -4.03. The van der Waals surface area contributed by atoms with Crippen LogP contribution in [0, 0.1) is 11.7 Å². The third-order valence-electron chi connectivity index (χ3n) is 2.60. The number of halogens is 3. The van der Waals surface area contributed by atoms with E-state index in [0.717, 1.165) is 12.1 Å². The zero-order valence-electron chi connectivity index (χ0n) is 10.3. The van der Waals surface area contributed by atoms with Crippen LogP contribution in [0.2, 0.25) is 10.0 Å². The van der Waals surface area contributed by atoms with Crippen molar-refractivity contribution in [1.82, 2.24) is 4.72 Å². The van der Waals surface area contributed by atoms with Gasteiger partial charge in [0, 0.05) is 6.04 Å². The second kappa shape index (κ2) is 6.37. The van der Waals surface area contributed by atoms with E-state index in [1.165, 1.54) is 0 Å². The highest BCUT2D eigenvalue weighted by Gasteiger charge is 2.26. The molecule has 0 fully saturated rings. The smallest absolute Gasteiger partial charge is 0.242 e. The lowest BCUT2D eigenvalue weighted by Crippen LogP contribution is -2.41. The van der Waals surface area contributed by atoms with E-state index in [2.05, 4.69) is 4.72 Å². The molecule has 8 heteroatoms. The van der Waals surface area contributed by atoms with Crippen molar-refractivity contribution in [3.63, 3.8) is 0 Å². The summed E-state index contributed by atoms with van der Waals surface area (Å²) in [6.07, 6.45) is 0. The molecule has 0 saturated carbocycles. The summed E-state index contributed by atoms with van der Waals surface area (Å²) in [5.41, 5.74) is 0. The molecule has 1 aromatic carbocycles. The van der Waals surface area contributed by atoms with Gasteiger partial charge in [-0.3, -0.25) is 0 Å². The quantitative estimate of drug-likeness (QED) is 0.815. The second-order valence-electron chi connectivity index (χ2n) is 4.33. The summed E-state index contributed by atoms with van der Waals surface area (Å²) in [5, 5.41) is 8.29. The lowest BCUT2D eigenvalue weighted by Gasteiger charge is -2.20. The molecule has 0 aromatic heterocycles. The molecule has 0 aliphatic heterocycles. The number of aliphatic hydroxyl groups is 1. The summed E-state index contributed by atoms with van der Waals surface area (Å²) >= 11 is 11.2. The van der Waals surface area contributed by atoms with Crippen LogP contribution in [-0.4, -0.2) is 26.2 Å². The van der Waals surface area contributed by atoms with E-state index in [1.807, 2.05) is 0 Å². The molecule has 0 saturated heterocycles. The van der Waals surface area contributed by atoms with Gasteiger partial charge in [0.2, 0.25) is 10.0 Å². The van der Waals surface area contributed by atoms with E-state index in [1.54, 1.807) is 13.8 Å². The predicted octanol–water partition coefficient (Wildman–Crippen LogP) is 2.43. The van der Waals surface area contributed by atoms with E-state index in [4.69, 9.17) is 28.3 Å². The first-order valence-corrected chi connectivity index (χ1v) is 7.71. The highest BCUT2D eigenvalue weighted by Crippen LogP contribution is 2.29. The van der Waals surface area contributed by atoms with Gasteiger partial charge in [0.1, 0.15) is 4.90 Å². The Morgan fingerprint density at radius 2 is 1.95 bits per heavy atom. The van der Waals surface area contributed by atoms with Crippen molar-refractivity contribution in [2.24, 2.45) is 5.92 Å². The molecule has 108 valence electrons. The minimum Gasteiger partial charge on any atom is -0.395 e. The highest BCUT2D eigenvalue weighted by molar-refractivity contribution is 7.89. The van der Waals surface area contributed by atoms with Gasteiger partial charge in [0.15, 0.2) is 5.82 Å². The van der Waals surface area contributed by atoms with Gasteiger partial charge in [-0.15, -0.1) is 0 Å². The van der Waals surface area contributed by atoms with Crippen LogP contribution in [0.15, 0.2) is 17.0 Å². The van der Waals surface area contributed by atoms with Gasteiger partial charge in [0.05, 0.1) is 16.7 Å². The van der Waals surface area contributed by atoms with Gasteiger partial charge < -0.3 is 5.11 Å². The second-order valence-corrected chi connectivity index (χ2v) is 6.80. The zero-order chi connectivity index (χ0) is 14.8. The van der Waals surface area contributed by atoms with E-state index >= 15 is 0 Å². The number of hydrogen-bond donors (Lipinski definition) is 2. The first-order valence-electron chi connectivity index (χ1n) is 5.47. The highest BCUT2D eigenvalue weighted by atomic mass is 35.5. The van der Waals surface area contributed by atoms with Crippen LogP contribution in [0.5, 0.6) is 0 Å². The molecule has 1 aromatic rings. The number of aliphatic hydroxyl groups excluding tert-OH is 1. The number of hydrogen-bond acceptors (Lipinski definition) is 3. The molecule has 19 heavy (non-hydrogen) atoms. The van der Waals surface area contributed by atoms with E-state index in [0.29, 0.717) is 0 Å². The summed E-state index contributed by atoms with van der Waals surface area (Å²) in [5.74, 6) is -1.12. The van der Waals surface area contributed by atoms with Gasteiger partial charge in [-0.2, -0.15) is 0 Å². The molecule has 0 aliphatic rings. The van der Waals surface area contributed by atoms with Crippen LogP contribution in [0.1, 0.15) is 13.8 Å². The maximum Gasteiger partial charge on any atom is 0.242 e. The van der Waals surface area contributed by atoms with Crippen LogP contribution in [0.25, 0.3) is 0 Å². The maximum atomic E-state index is 13.5. The lowest BCUT2D eigenvalue weighted by molar-refractivity contribution is 0.227. The average Bonchev–Trinajstić information content (AvgIpc) is 2.32. The third kappa shape index (κ3) is 3.79. The molecule has 0 amide bonds. The fourth-order valence-electron chi connectivity index (χ4n) is 1.36. The molecule has 4 nitrogen and oxygen atoms in total.